The lowest BCUT2D eigenvalue weighted by molar-refractivity contribution is -0.0452. The molecule has 2 saturated heterocycles. The third-order valence-electron chi connectivity index (χ3n) is 6.38. The number of anilines is 1. The van der Waals surface area contributed by atoms with Gasteiger partial charge >= 0.3 is 5.97 Å². The summed E-state index contributed by atoms with van der Waals surface area (Å²) in [6.45, 7) is 3.71. The molecular formula is C21H22N4O3. The molecular weight excluding hydrogens is 356 g/mol. The van der Waals surface area contributed by atoms with E-state index >= 15 is 0 Å². The fourth-order valence-electron chi connectivity index (χ4n) is 5.24. The van der Waals surface area contributed by atoms with Gasteiger partial charge in [0.2, 0.25) is 0 Å². The van der Waals surface area contributed by atoms with Crippen molar-refractivity contribution in [3.8, 4) is 0 Å². The maximum absolute atomic E-state index is 11.4. The number of aromatic carboxylic acids is 1. The first-order valence-corrected chi connectivity index (χ1v) is 9.44. The van der Waals surface area contributed by atoms with Crippen molar-refractivity contribution in [2.75, 3.05) is 24.6 Å². The number of carboxylic acids is 1. The van der Waals surface area contributed by atoms with Crippen molar-refractivity contribution in [1.82, 2.24) is 15.0 Å². The van der Waals surface area contributed by atoms with Crippen molar-refractivity contribution in [2.24, 2.45) is 5.41 Å². The molecule has 1 aliphatic carbocycles. The fraction of sp³-hybridized carbons (Fsp3) is 0.381. The maximum Gasteiger partial charge on any atom is 0.352 e. The zero-order valence-electron chi connectivity index (χ0n) is 15.6. The molecule has 144 valence electrons. The number of carboxylic acid groups (broad SMARTS) is 1. The molecule has 3 fully saturated rings. The summed E-state index contributed by atoms with van der Waals surface area (Å²) in [7, 11) is 0. The molecule has 6 rings (SSSR count). The van der Waals surface area contributed by atoms with Gasteiger partial charge in [0.15, 0.2) is 0 Å². The highest BCUT2D eigenvalue weighted by Crippen LogP contribution is 2.60. The number of nitrogens with one attached hydrogen (secondary N) is 1. The molecule has 1 aromatic carbocycles. The Morgan fingerprint density at radius 3 is 2.64 bits per heavy atom. The normalized spacial score (nSPS) is 26.3. The molecule has 3 aromatic rings. The number of hydrogen-bond donors (Lipinski definition) is 3. The van der Waals surface area contributed by atoms with Gasteiger partial charge in [-0.2, -0.15) is 0 Å². The Morgan fingerprint density at radius 2 is 1.96 bits per heavy atom. The first-order valence-electron chi connectivity index (χ1n) is 9.44. The molecule has 0 unspecified atom stereocenters. The number of hydrogen-bond acceptors (Lipinski definition) is 5. The molecule has 7 nitrogen and oxygen atoms in total. The van der Waals surface area contributed by atoms with E-state index in [2.05, 4.69) is 51.0 Å². The van der Waals surface area contributed by atoms with Crippen LogP contribution in [0.15, 0.2) is 36.7 Å². The molecule has 0 radical (unpaired) electrons. The van der Waals surface area contributed by atoms with E-state index in [1.54, 1.807) is 6.07 Å². The lowest BCUT2D eigenvalue weighted by atomic mass is 9.48. The van der Waals surface area contributed by atoms with Crippen molar-refractivity contribution in [3.05, 3.63) is 53.5 Å². The highest BCUT2D eigenvalue weighted by Gasteiger charge is 2.60. The summed E-state index contributed by atoms with van der Waals surface area (Å²) < 4.78 is 0. The number of carbonyl (C=O) groups is 1. The molecule has 28 heavy (non-hydrogen) atoms. The van der Waals surface area contributed by atoms with Gasteiger partial charge in [-0.05, 0) is 31.4 Å². The van der Waals surface area contributed by atoms with Crippen LogP contribution < -0.4 is 4.90 Å². The summed E-state index contributed by atoms with van der Waals surface area (Å²) >= 11 is 0. The van der Waals surface area contributed by atoms with Gasteiger partial charge in [-0.1, -0.05) is 29.8 Å². The van der Waals surface area contributed by atoms with Crippen molar-refractivity contribution in [1.29, 1.82) is 0 Å². The van der Waals surface area contributed by atoms with Crippen LogP contribution >= 0.6 is 0 Å². The third kappa shape index (κ3) is 2.43. The minimum Gasteiger partial charge on any atom is -0.477 e. The average molecular weight is 378 g/mol. The van der Waals surface area contributed by atoms with E-state index in [0.29, 0.717) is 17.6 Å². The van der Waals surface area contributed by atoms with Gasteiger partial charge < -0.3 is 20.1 Å². The number of aromatic amines is 1. The Hall–Kier alpha value is -2.93. The Morgan fingerprint density at radius 1 is 1.21 bits per heavy atom. The third-order valence-corrected chi connectivity index (χ3v) is 6.38. The summed E-state index contributed by atoms with van der Waals surface area (Å²) in [5.74, 6) is -0.296. The average Bonchev–Trinajstić information content (AvgIpc) is 3.12. The van der Waals surface area contributed by atoms with Crippen LogP contribution in [0.25, 0.3) is 11.0 Å². The molecule has 2 bridgehead atoms. The van der Waals surface area contributed by atoms with Crippen LogP contribution in [0.5, 0.6) is 0 Å². The zero-order valence-corrected chi connectivity index (χ0v) is 15.6. The van der Waals surface area contributed by atoms with E-state index < -0.39 is 5.97 Å². The second-order valence-corrected chi connectivity index (χ2v) is 8.46. The van der Waals surface area contributed by atoms with E-state index in [1.165, 1.54) is 17.5 Å². The Balaban J connectivity index is 1.57. The quantitative estimate of drug-likeness (QED) is 0.645. The lowest BCUT2D eigenvalue weighted by Gasteiger charge is -2.63. The van der Waals surface area contributed by atoms with Gasteiger partial charge in [0.05, 0.1) is 12.0 Å². The number of fused-ring (bicyclic) bond motifs is 3. The van der Waals surface area contributed by atoms with Gasteiger partial charge in [0.25, 0.3) is 0 Å². The van der Waals surface area contributed by atoms with Crippen molar-refractivity contribution < 1.29 is 15.0 Å². The number of aliphatic hydroxyl groups is 1. The molecule has 3 N–H and O–H groups in total. The van der Waals surface area contributed by atoms with Gasteiger partial charge in [-0.15, -0.1) is 0 Å². The second kappa shape index (κ2) is 5.78. The summed E-state index contributed by atoms with van der Waals surface area (Å²) in [4.78, 5) is 25.0. The van der Waals surface area contributed by atoms with Crippen molar-refractivity contribution in [2.45, 2.75) is 25.2 Å². The first-order chi connectivity index (χ1) is 13.4. The van der Waals surface area contributed by atoms with E-state index in [0.717, 1.165) is 25.2 Å². The van der Waals surface area contributed by atoms with Crippen LogP contribution in [-0.2, 0) is 5.41 Å². The van der Waals surface area contributed by atoms with Crippen LogP contribution in [0.3, 0.4) is 0 Å². The number of rotatable bonds is 4. The van der Waals surface area contributed by atoms with Crippen LogP contribution in [-0.4, -0.2) is 50.8 Å². The Kier molecular flexibility index (Phi) is 3.55. The number of nitrogens with zero attached hydrogens (tertiary/aromatic N) is 3. The molecule has 3 aliphatic rings. The molecule has 7 heteroatoms. The van der Waals surface area contributed by atoms with Crippen molar-refractivity contribution in [3.63, 3.8) is 0 Å². The summed E-state index contributed by atoms with van der Waals surface area (Å²) in [5.41, 5.74) is 2.97. The molecule has 4 heterocycles. The monoisotopic (exact) mass is 378 g/mol. The maximum atomic E-state index is 11.4. The number of H-pyrrole nitrogens is 1. The summed E-state index contributed by atoms with van der Waals surface area (Å²) in [6, 6.07) is 10.2. The summed E-state index contributed by atoms with van der Waals surface area (Å²) in [6.07, 6.45) is 3.37. The fourth-order valence-corrected chi connectivity index (χ4v) is 5.24. The smallest absolute Gasteiger partial charge is 0.352 e. The molecule has 0 spiro atoms. The lowest BCUT2D eigenvalue weighted by Crippen LogP contribution is -2.67. The van der Waals surface area contributed by atoms with E-state index in [-0.39, 0.29) is 23.1 Å². The minimum absolute atomic E-state index is 0.0160. The molecule has 2 aromatic heterocycles. The predicted octanol–water partition coefficient (Wildman–Crippen LogP) is 2.50. The molecule has 0 atom stereocenters. The molecule has 1 saturated carbocycles. The largest absolute Gasteiger partial charge is 0.477 e. The van der Waals surface area contributed by atoms with E-state index in [1.807, 2.05) is 0 Å². The van der Waals surface area contributed by atoms with Crippen LogP contribution in [0, 0.1) is 12.3 Å². The first kappa shape index (κ1) is 17.2. The van der Waals surface area contributed by atoms with Crippen LogP contribution in [0.4, 0.5) is 5.82 Å². The number of benzene rings is 1. The predicted molar refractivity (Wildman–Crippen MR) is 105 cm³/mol. The Labute approximate surface area is 162 Å². The van der Waals surface area contributed by atoms with Crippen molar-refractivity contribution >= 4 is 22.8 Å². The van der Waals surface area contributed by atoms with Gasteiger partial charge in [0.1, 0.15) is 23.5 Å². The zero-order chi connectivity index (χ0) is 19.5. The number of piperidine rings is 2. The topological polar surface area (TPSA) is 102 Å². The number of aromatic nitrogens is 3. The second-order valence-electron chi connectivity index (χ2n) is 8.46. The highest BCUT2D eigenvalue weighted by atomic mass is 16.4. The van der Waals surface area contributed by atoms with E-state index in [4.69, 9.17) is 0 Å². The summed E-state index contributed by atoms with van der Waals surface area (Å²) in [5, 5.41) is 20.1. The molecule has 2 aliphatic heterocycles. The van der Waals surface area contributed by atoms with Crippen LogP contribution in [0.2, 0.25) is 0 Å². The number of aryl methyl sites for hydroxylation is 1. The number of aliphatic hydroxyl groups excluding tert-OH is 1. The van der Waals surface area contributed by atoms with Gasteiger partial charge in [-0.25, -0.2) is 14.8 Å². The Bertz CT molecular complexity index is 1070. The minimum atomic E-state index is -1.02. The van der Waals surface area contributed by atoms with Gasteiger partial charge in [-0.3, -0.25) is 0 Å². The van der Waals surface area contributed by atoms with Gasteiger partial charge in [0, 0.05) is 23.9 Å². The van der Waals surface area contributed by atoms with E-state index in [9.17, 15) is 15.0 Å². The SMILES string of the molecule is Cc1ccc(C23CN(c4ncnc5[nH]c(C(=O)O)cc45)CC(CO)(C2)C3)cc1. The standard InChI is InChI=1S/C21H22N4O3/c1-13-2-4-14(5-3-13)21-7-20(8-21,11-26)9-25(10-21)18-15-6-16(19(27)28)24-17(15)22-12-23-18/h2-6,12,26H,7-11H2,1H3,(H,27,28)(H,22,23,24). The van der Waals surface area contributed by atoms with Crippen LogP contribution in [0.1, 0.15) is 34.5 Å². The highest BCUT2D eigenvalue weighted by molar-refractivity contribution is 5.96. The molecule has 0 amide bonds.